The first kappa shape index (κ1) is 21.1. The number of carbonyl (C=O) groups excluding carboxylic acids is 1. The molecule has 8 heteroatoms. The van der Waals surface area contributed by atoms with Crippen molar-refractivity contribution < 1.29 is 14.6 Å². The summed E-state index contributed by atoms with van der Waals surface area (Å²) in [4.78, 5) is 17.4. The predicted molar refractivity (Wildman–Crippen MR) is 125 cm³/mol. The summed E-state index contributed by atoms with van der Waals surface area (Å²) in [6.45, 7) is 1.66. The Balaban J connectivity index is 1.55. The van der Waals surface area contributed by atoms with Gasteiger partial charge < -0.3 is 15.6 Å². The molecule has 8 nitrogen and oxygen atoms in total. The Labute approximate surface area is 191 Å². The number of hydrogen-bond donors (Lipinski definition) is 2. The fraction of sp³-hybridized carbons (Fsp3) is 0.280. The van der Waals surface area contributed by atoms with Crippen LogP contribution in [0.15, 0.2) is 60.9 Å². The molecule has 1 fully saturated rings. The lowest BCUT2D eigenvalue weighted by Crippen LogP contribution is -2.39. The SMILES string of the molecule is Cc1cccc(C(=O)Nc2cc3cn(C4CCC(O)CC4)nc3cc2-c2ccccn2)[n+]1[O-]. The minimum Gasteiger partial charge on any atom is -0.618 e. The average Bonchev–Trinajstić information content (AvgIpc) is 3.24. The van der Waals surface area contributed by atoms with Crippen LogP contribution in [0.25, 0.3) is 22.2 Å². The van der Waals surface area contributed by atoms with Gasteiger partial charge in [-0.25, -0.2) is 0 Å². The van der Waals surface area contributed by atoms with Crippen molar-refractivity contribution in [3.63, 3.8) is 0 Å². The van der Waals surface area contributed by atoms with Gasteiger partial charge in [0.05, 0.1) is 29.0 Å². The van der Waals surface area contributed by atoms with E-state index in [0.717, 1.165) is 42.1 Å². The summed E-state index contributed by atoms with van der Waals surface area (Å²) in [6.07, 6.45) is 6.75. The van der Waals surface area contributed by atoms with Gasteiger partial charge in [0.2, 0.25) is 0 Å². The van der Waals surface area contributed by atoms with Crippen LogP contribution < -0.4 is 10.0 Å². The highest BCUT2D eigenvalue weighted by molar-refractivity contribution is 6.06. The maximum atomic E-state index is 13.0. The van der Waals surface area contributed by atoms with Crippen LogP contribution in [0.4, 0.5) is 5.69 Å². The summed E-state index contributed by atoms with van der Waals surface area (Å²) in [6, 6.07) is 14.5. The average molecular weight is 444 g/mol. The number of carbonyl (C=O) groups is 1. The standard InChI is InChI=1S/C25H25N5O3/c1-16-5-4-7-24(30(16)33)25(32)27-23-13-17-15-29(18-8-10-19(31)11-9-18)28-22(17)14-20(23)21-6-2-3-12-26-21/h2-7,12-15,18-19,31H,8-11H2,1H3,(H,27,32). The third kappa shape index (κ3) is 4.17. The van der Waals surface area contributed by atoms with Crippen molar-refractivity contribution in [1.82, 2.24) is 14.8 Å². The fourth-order valence-corrected chi connectivity index (χ4v) is 4.40. The summed E-state index contributed by atoms with van der Waals surface area (Å²) in [5, 5.41) is 30.8. The molecule has 4 aromatic rings. The molecule has 1 saturated carbocycles. The van der Waals surface area contributed by atoms with Crippen molar-refractivity contribution in [2.75, 3.05) is 5.32 Å². The summed E-state index contributed by atoms with van der Waals surface area (Å²) >= 11 is 0. The summed E-state index contributed by atoms with van der Waals surface area (Å²) in [5.74, 6) is -0.487. The lowest BCUT2D eigenvalue weighted by molar-refractivity contribution is -0.614. The number of aliphatic hydroxyl groups excluding tert-OH is 1. The van der Waals surface area contributed by atoms with E-state index >= 15 is 0 Å². The van der Waals surface area contributed by atoms with Crippen molar-refractivity contribution in [3.05, 3.63) is 77.5 Å². The van der Waals surface area contributed by atoms with Gasteiger partial charge in [0, 0.05) is 42.4 Å². The number of amides is 1. The topological polar surface area (TPSA) is 107 Å². The first-order valence-electron chi connectivity index (χ1n) is 11.1. The number of anilines is 1. The van der Waals surface area contributed by atoms with Crippen molar-refractivity contribution in [2.24, 2.45) is 0 Å². The van der Waals surface area contributed by atoms with E-state index in [1.165, 1.54) is 6.07 Å². The monoisotopic (exact) mass is 443 g/mol. The van der Waals surface area contributed by atoms with Gasteiger partial charge >= 0.3 is 5.91 Å². The molecule has 1 aromatic carbocycles. The van der Waals surface area contributed by atoms with Crippen molar-refractivity contribution >= 4 is 22.5 Å². The smallest absolute Gasteiger partial charge is 0.321 e. The van der Waals surface area contributed by atoms with E-state index < -0.39 is 5.91 Å². The van der Waals surface area contributed by atoms with E-state index in [1.807, 2.05) is 41.2 Å². The highest BCUT2D eigenvalue weighted by Gasteiger charge is 2.23. The second-order valence-corrected chi connectivity index (χ2v) is 8.54. The van der Waals surface area contributed by atoms with E-state index in [0.29, 0.717) is 21.8 Å². The molecule has 1 aliphatic rings. The molecule has 3 heterocycles. The molecule has 0 saturated heterocycles. The van der Waals surface area contributed by atoms with Crippen molar-refractivity contribution in [2.45, 2.75) is 44.8 Å². The van der Waals surface area contributed by atoms with Gasteiger partial charge in [0.1, 0.15) is 0 Å². The minimum absolute atomic E-state index is 0.0264. The van der Waals surface area contributed by atoms with Crippen LogP contribution in [0.1, 0.15) is 47.9 Å². The zero-order chi connectivity index (χ0) is 22.9. The third-order valence-corrected chi connectivity index (χ3v) is 6.25. The summed E-state index contributed by atoms with van der Waals surface area (Å²) in [5.41, 5.74) is 3.26. The normalized spacial score (nSPS) is 18.4. The fourth-order valence-electron chi connectivity index (χ4n) is 4.40. The number of aliphatic hydroxyl groups is 1. The van der Waals surface area contributed by atoms with Gasteiger partial charge in [0.15, 0.2) is 5.69 Å². The molecular weight excluding hydrogens is 418 g/mol. The Morgan fingerprint density at radius 3 is 2.73 bits per heavy atom. The van der Waals surface area contributed by atoms with E-state index in [1.54, 1.807) is 25.3 Å². The third-order valence-electron chi connectivity index (χ3n) is 6.25. The highest BCUT2D eigenvalue weighted by Crippen LogP contribution is 2.34. The van der Waals surface area contributed by atoms with Crippen LogP contribution in [0.5, 0.6) is 0 Å². The van der Waals surface area contributed by atoms with Gasteiger partial charge in [-0.3, -0.25) is 14.5 Å². The highest BCUT2D eigenvalue weighted by atomic mass is 16.5. The molecule has 5 rings (SSSR count). The van der Waals surface area contributed by atoms with Crippen LogP contribution in [-0.4, -0.2) is 31.9 Å². The van der Waals surface area contributed by atoms with Crippen LogP contribution in [0.3, 0.4) is 0 Å². The van der Waals surface area contributed by atoms with Gasteiger partial charge in [-0.2, -0.15) is 9.83 Å². The predicted octanol–water partition coefficient (Wildman–Crippen LogP) is 3.77. The molecule has 0 spiro atoms. The number of aryl methyl sites for hydroxylation is 1. The number of benzene rings is 1. The van der Waals surface area contributed by atoms with Crippen molar-refractivity contribution in [3.8, 4) is 11.3 Å². The maximum Gasteiger partial charge on any atom is 0.321 e. The largest absolute Gasteiger partial charge is 0.618 e. The molecule has 1 aliphatic carbocycles. The molecule has 33 heavy (non-hydrogen) atoms. The molecule has 0 atom stereocenters. The molecule has 2 N–H and O–H groups in total. The maximum absolute atomic E-state index is 13.0. The molecule has 1 amide bonds. The Bertz CT molecular complexity index is 1310. The van der Waals surface area contributed by atoms with Crippen LogP contribution in [0.2, 0.25) is 0 Å². The lowest BCUT2D eigenvalue weighted by Gasteiger charge is -2.25. The first-order valence-corrected chi connectivity index (χ1v) is 11.1. The van der Waals surface area contributed by atoms with Crippen LogP contribution in [-0.2, 0) is 0 Å². The summed E-state index contributed by atoms with van der Waals surface area (Å²) in [7, 11) is 0. The molecule has 0 aliphatic heterocycles. The molecule has 168 valence electrons. The van der Waals surface area contributed by atoms with Gasteiger partial charge in [-0.15, -0.1) is 0 Å². The molecule has 3 aromatic heterocycles. The van der Waals surface area contributed by atoms with E-state index in [4.69, 9.17) is 5.10 Å². The first-order chi connectivity index (χ1) is 16.0. The number of fused-ring (bicyclic) bond motifs is 1. The van der Waals surface area contributed by atoms with E-state index in [9.17, 15) is 15.1 Å². The zero-order valence-electron chi connectivity index (χ0n) is 18.3. The molecule has 0 radical (unpaired) electrons. The Morgan fingerprint density at radius 1 is 1.15 bits per heavy atom. The lowest BCUT2D eigenvalue weighted by atomic mass is 9.93. The van der Waals surface area contributed by atoms with Crippen molar-refractivity contribution in [1.29, 1.82) is 0 Å². The second kappa shape index (κ2) is 8.63. The number of nitrogens with zero attached hydrogens (tertiary/aromatic N) is 4. The van der Waals surface area contributed by atoms with E-state index in [-0.39, 0.29) is 17.8 Å². The zero-order valence-corrected chi connectivity index (χ0v) is 18.3. The Hall–Kier alpha value is -3.78. The Morgan fingerprint density at radius 2 is 1.97 bits per heavy atom. The molecule has 0 bridgehead atoms. The minimum atomic E-state index is -0.487. The second-order valence-electron chi connectivity index (χ2n) is 8.54. The van der Waals surface area contributed by atoms with E-state index in [2.05, 4.69) is 10.3 Å². The number of pyridine rings is 2. The molecule has 0 unspecified atom stereocenters. The van der Waals surface area contributed by atoms with Gasteiger partial charge in [-0.1, -0.05) is 6.07 Å². The van der Waals surface area contributed by atoms with Crippen LogP contribution in [0, 0.1) is 12.1 Å². The quantitative estimate of drug-likeness (QED) is 0.369. The Kier molecular flexibility index (Phi) is 5.51. The summed E-state index contributed by atoms with van der Waals surface area (Å²) < 4.78 is 2.60. The molecular formula is C25H25N5O3. The van der Waals surface area contributed by atoms with Gasteiger partial charge in [-0.05, 0) is 56.0 Å². The number of rotatable bonds is 4. The van der Waals surface area contributed by atoms with Crippen LogP contribution >= 0.6 is 0 Å². The number of aromatic nitrogens is 4. The number of hydrogen-bond acceptors (Lipinski definition) is 5. The number of nitrogens with one attached hydrogen (secondary N) is 1. The van der Waals surface area contributed by atoms with Gasteiger partial charge in [0.25, 0.3) is 5.69 Å².